The predicted octanol–water partition coefficient (Wildman–Crippen LogP) is 2.84. The van der Waals surface area contributed by atoms with Gasteiger partial charge in [0.05, 0.1) is 18.4 Å². The monoisotopic (exact) mass is 330 g/mol. The van der Waals surface area contributed by atoms with Gasteiger partial charge in [0.25, 0.3) is 5.91 Å². The van der Waals surface area contributed by atoms with Gasteiger partial charge in [-0.15, -0.1) is 11.8 Å². The molecule has 1 atom stereocenters. The van der Waals surface area contributed by atoms with E-state index in [4.69, 9.17) is 9.68 Å². The van der Waals surface area contributed by atoms with Gasteiger partial charge in [-0.3, -0.25) is 4.79 Å². The summed E-state index contributed by atoms with van der Waals surface area (Å²) in [5, 5.41) is 21.7. The van der Waals surface area contributed by atoms with Gasteiger partial charge in [0.2, 0.25) is 0 Å². The van der Waals surface area contributed by atoms with Crippen molar-refractivity contribution in [3.05, 3.63) is 53.5 Å². The average molecular weight is 330 g/mol. The summed E-state index contributed by atoms with van der Waals surface area (Å²) in [7, 11) is 0. The molecule has 0 aliphatic carbocycles. The maximum Gasteiger partial charge on any atom is 0.251 e. The number of carbonyl (C=O) groups excluding carboxylic acids is 1. The second kappa shape index (κ2) is 7.36. The van der Waals surface area contributed by atoms with Gasteiger partial charge < -0.3 is 14.8 Å². The van der Waals surface area contributed by atoms with Gasteiger partial charge in [-0.1, -0.05) is 6.07 Å². The lowest BCUT2D eigenvalue weighted by atomic mass is 10.0. The van der Waals surface area contributed by atoms with Crippen LogP contribution < -0.4 is 5.32 Å². The highest BCUT2D eigenvalue weighted by molar-refractivity contribution is 7.99. The van der Waals surface area contributed by atoms with Crippen molar-refractivity contribution in [3.63, 3.8) is 0 Å². The number of furan rings is 1. The number of benzene rings is 1. The zero-order chi connectivity index (χ0) is 16.9. The number of carbonyl (C=O) groups is 1. The smallest absolute Gasteiger partial charge is 0.251 e. The number of nitrogens with zero attached hydrogens (tertiary/aromatic N) is 1. The van der Waals surface area contributed by atoms with Crippen molar-refractivity contribution in [2.24, 2.45) is 0 Å². The van der Waals surface area contributed by atoms with Crippen molar-refractivity contribution in [2.75, 3.05) is 12.3 Å². The molecule has 6 heteroatoms. The van der Waals surface area contributed by atoms with Crippen LogP contribution in [0.25, 0.3) is 0 Å². The first-order valence-corrected chi connectivity index (χ1v) is 8.08. The Kier molecular flexibility index (Phi) is 5.48. The van der Waals surface area contributed by atoms with Crippen LogP contribution in [0.15, 0.2) is 45.7 Å². The number of nitrogens with one attached hydrogen (secondary N) is 1. The molecule has 2 N–H and O–H groups in total. The largest absolute Gasteiger partial charge is 0.463 e. The van der Waals surface area contributed by atoms with Gasteiger partial charge in [0.1, 0.15) is 17.1 Å². The molecule has 5 nitrogen and oxygen atoms in total. The normalized spacial score (nSPS) is 13.1. The second-order valence-electron chi connectivity index (χ2n) is 5.34. The van der Waals surface area contributed by atoms with Gasteiger partial charge in [0.15, 0.2) is 0 Å². The maximum atomic E-state index is 12.2. The molecule has 0 bridgehead atoms. The number of thioether (sulfide) groups is 1. The molecule has 2 rings (SSSR count). The Labute approximate surface area is 139 Å². The van der Waals surface area contributed by atoms with E-state index in [1.54, 1.807) is 44.2 Å². The van der Waals surface area contributed by atoms with Crippen molar-refractivity contribution in [2.45, 2.75) is 24.3 Å². The number of hydrogen-bond donors (Lipinski definition) is 2. The second-order valence-corrected chi connectivity index (χ2v) is 6.39. The fourth-order valence-corrected chi connectivity index (χ4v) is 2.62. The third-order valence-corrected chi connectivity index (χ3v) is 4.12. The molecule has 0 saturated carbocycles. The first-order valence-electron chi connectivity index (χ1n) is 7.10. The van der Waals surface area contributed by atoms with E-state index in [0.717, 1.165) is 4.90 Å². The minimum atomic E-state index is -1.28. The Hall–Kier alpha value is -2.23. The maximum absolute atomic E-state index is 12.2. The molecule has 0 radical (unpaired) electrons. The van der Waals surface area contributed by atoms with Crippen LogP contribution in [0.1, 0.15) is 28.8 Å². The van der Waals surface area contributed by atoms with Crippen LogP contribution in [-0.2, 0) is 5.60 Å². The van der Waals surface area contributed by atoms with Crippen LogP contribution in [0.5, 0.6) is 0 Å². The third kappa shape index (κ3) is 4.62. The fourth-order valence-electron chi connectivity index (χ4n) is 2.01. The Morgan fingerprint density at radius 3 is 2.87 bits per heavy atom. The quantitative estimate of drug-likeness (QED) is 0.795. The van der Waals surface area contributed by atoms with E-state index in [1.165, 1.54) is 11.8 Å². The van der Waals surface area contributed by atoms with E-state index in [2.05, 4.69) is 5.32 Å². The zero-order valence-electron chi connectivity index (χ0n) is 13.0. The number of rotatable bonds is 6. The van der Waals surface area contributed by atoms with Crippen molar-refractivity contribution in [3.8, 4) is 6.07 Å². The molecule has 2 aromatic rings. The molecular formula is C17H18N2O3S. The van der Waals surface area contributed by atoms with Crippen molar-refractivity contribution in [1.82, 2.24) is 5.32 Å². The van der Waals surface area contributed by atoms with Crippen molar-refractivity contribution in [1.29, 1.82) is 5.26 Å². The number of aliphatic hydroxyl groups is 1. The summed E-state index contributed by atoms with van der Waals surface area (Å²) in [5.74, 6) is 1.16. The van der Waals surface area contributed by atoms with Gasteiger partial charge in [-0.25, -0.2) is 0 Å². The van der Waals surface area contributed by atoms with Crippen LogP contribution in [0, 0.1) is 18.3 Å². The lowest BCUT2D eigenvalue weighted by Crippen LogP contribution is -2.38. The van der Waals surface area contributed by atoms with Gasteiger partial charge in [-0.05, 0) is 44.2 Å². The number of aryl methyl sites for hydroxylation is 1. The van der Waals surface area contributed by atoms with Crippen molar-refractivity contribution >= 4 is 17.7 Å². The standard InChI is InChI=1S/C17H18N2O3S/c1-12-6-7-15(22-12)17(2,21)11-19-16(20)13-4-3-5-14(10-13)23-9-8-18/h3-7,10,21H,9,11H2,1-2H3,(H,19,20). The molecule has 120 valence electrons. The summed E-state index contributed by atoms with van der Waals surface area (Å²) >= 11 is 1.37. The molecule has 1 aromatic heterocycles. The minimum absolute atomic E-state index is 0.0361. The van der Waals surface area contributed by atoms with Gasteiger partial charge >= 0.3 is 0 Å². The summed E-state index contributed by atoms with van der Waals surface area (Å²) in [6.07, 6.45) is 0. The number of amides is 1. The Morgan fingerprint density at radius 1 is 1.43 bits per heavy atom. The van der Waals surface area contributed by atoms with Crippen LogP contribution in [0.2, 0.25) is 0 Å². The van der Waals surface area contributed by atoms with Crippen LogP contribution in [-0.4, -0.2) is 23.3 Å². The first-order chi connectivity index (χ1) is 10.9. The molecule has 0 aliphatic rings. The molecule has 1 unspecified atom stereocenters. The van der Waals surface area contributed by atoms with E-state index in [9.17, 15) is 9.90 Å². The third-order valence-electron chi connectivity index (χ3n) is 3.26. The van der Waals surface area contributed by atoms with E-state index in [-0.39, 0.29) is 12.5 Å². The highest BCUT2D eigenvalue weighted by Gasteiger charge is 2.27. The van der Waals surface area contributed by atoms with E-state index in [0.29, 0.717) is 22.8 Å². The molecule has 0 saturated heterocycles. The lowest BCUT2D eigenvalue weighted by molar-refractivity contribution is 0.0323. The lowest BCUT2D eigenvalue weighted by Gasteiger charge is -2.21. The fraction of sp³-hybridized carbons (Fsp3) is 0.294. The van der Waals surface area contributed by atoms with E-state index in [1.807, 2.05) is 12.1 Å². The predicted molar refractivity (Wildman–Crippen MR) is 88.1 cm³/mol. The first kappa shape index (κ1) is 17.1. The average Bonchev–Trinajstić information content (AvgIpc) is 2.98. The van der Waals surface area contributed by atoms with Crippen LogP contribution in [0.3, 0.4) is 0 Å². The summed E-state index contributed by atoms with van der Waals surface area (Å²) in [5.41, 5.74) is -0.795. The number of hydrogen-bond acceptors (Lipinski definition) is 5. The molecule has 23 heavy (non-hydrogen) atoms. The molecule has 0 fully saturated rings. The molecular weight excluding hydrogens is 312 g/mol. The summed E-state index contributed by atoms with van der Waals surface area (Å²) in [4.78, 5) is 13.1. The van der Waals surface area contributed by atoms with Crippen LogP contribution in [0.4, 0.5) is 0 Å². The summed E-state index contributed by atoms with van der Waals surface area (Å²) in [6.45, 7) is 3.42. The summed E-state index contributed by atoms with van der Waals surface area (Å²) in [6, 6.07) is 12.5. The molecule has 1 amide bonds. The highest BCUT2D eigenvalue weighted by atomic mass is 32.2. The molecule has 0 spiro atoms. The Balaban J connectivity index is 2.00. The molecule has 1 aromatic carbocycles. The topological polar surface area (TPSA) is 86.3 Å². The van der Waals surface area contributed by atoms with Gasteiger partial charge in [0, 0.05) is 10.5 Å². The van der Waals surface area contributed by atoms with E-state index < -0.39 is 5.60 Å². The summed E-state index contributed by atoms with van der Waals surface area (Å²) < 4.78 is 5.41. The number of nitriles is 1. The van der Waals surface area contributed by atoms with E-state index >= 15 is 0 Å². The Morgan fingerprint density at radius 2 is 2.22 bits per heavy atom. The SMILES string of the molecule is Cc1ccc(C(C)(O)CNC(=O)c2cccc(SCC#N)c2)o1. The van der Waals surface area contributed by atoms with Crippen molar-refractivity contribution < 1.29 is 14.3 Å². The molecule has 0 aliphatic heterocycles. The highest BCUT2D eigenvalue weighted by Crippen LogP contribution is 2.22. The zero-order valence-corrected chi connectivity index (χ0v) is 13.8. The minimum Gasteiger partial charge on any atom is -0.463 e. The van der Waals surface area contributed by atoms with Gasteiger partial charge in [-0.2, -0.15) is 5.26 Å². The molecule has 1 heterocycles. The Bertz CT molecular complexity index is 731. The van der Waals surface area contributed by atoms with Crippen LogP contribution >= 0.6 is 11.8 Å².